The van der Waals surface area contributed by atoms with E-state index in [-0.39, 0.29) is 18.4 Å². The van der Waals surface area contributed by atoms with Crippen LogP contribution in [0.4, 0.5) is 0 Å². The number of aromatic nitrogens is 1. The molecule has 20 heavy (non-hydrogen) atoms. The van der Waals surface area contributed by atoms with Crippen LogP contribution in [-0.2, 0) is 0 Å². The summed E-state index contributed by atoms with van der Waals surface area (Å²) in [5.41, 5.74) is 8.93. The normalized spacial score (nSPS) is 11.4. The summed E-state index contributed by atoms with van der Waals surface area (Å²) in [6.45, 7) is 1.95. The first-order valence-electron chi connectivity index (χ1n) is 6.06. The van der Waals surface area contributed by atoms with Gasteiger partial charge in [-0.2, -0.15) is 0 Å². The molecule has 5 heteroatoms. The van der Waals surface area contributed by atoms with Crippen molar-refractivity contribution >= 4 is 12.4 Å². The Morgan fingerprint density at radius 2 is 1.85 bits per heavy atom. The Morgan fingerprint density at radius 3 is 2.45 bits per heavy atom. The van der Waals surface area contributed by atoms with Gasteiger partial charge in [-0.3, -0.25) is 4.98 Å². The van der Waals surface area contributed by atoms with Crippen LogP contribution in [-0.4, -0.2) is 19.2 Å². The van der Waals surface area contributed by atoms with E-state index < -0.39 is 0 Å². The molecule has 1 aromatic heterocycles. The third-order valence-corrected chi connectivity index (χ3v) is 3.00. The van der Waals surface area contributed by atoms with Crippen molar-refractivity contribution < 1.29 is 9.47 Å². The van der Waals surface area contributed by atoms with Gasteiger partial charge in [0.05, 0.1) is 26.0 Å². The van der Waals surface area contributed by atoms with Gasteiger partial charge in [0, 0.05) is 17.3 Å². The molecule has 0 saturated carbocycles. The molecule has 1 aromatic carbocycles. The van der Waals surface area contributed by atoms with Gasteiger partial charge in [-0.05, 0) is 31.2 Å². The van der Waals surface area contributed by atoms with Crippen molar-refractivity contribution in [3.8, 4) is 11.5 Å². The van der Waals surface area contributed by atoms with Crippen LogP contribution in [0.3, 0.4) is 0 Å². The molecule has 2 rings (SSSR count). The number of aryl methyl sites for hydroxylation is 1. The lowest BCUT2D eigenvalue weighted by atomic mass is 10.0. The molecule has 0 aliphatic carbocycles. The highest BCUT2D eigenvalue weighted by atomic mass is 35.5. The monoisotopic (exact) mass is 294 g/mol. The second kappa shape index (κ2) is 7.12. The highest BCUT2D eigenvalue weighted by Crippen LogP contribution is 2.30. The van der Waals surface area contributed by atoms with E-state index in [0.717, 1.165) is 22.7 Å². The second-order valence-electron chi connectivity index (χ2n) is 4.29. The molecule has 1 unspecified atom stereocenters. The molecule has 0 radical (unpaired) electrons. The fourth-order valence-corrected chi connectivity index (χ4v) is 1.97. The van der Waals surface area contributed by atoms with Crippen LogP contribution in [0.2, 0.25) is 0 Å². The average Bonchev–Trinajstić information content (AvgIpc) is 2.45. The van der Waals surface area contributed by atoms with E-state index in [2.05, 4.69) is 4.98 Å². The lowest BCUT2D eigenvalue weighted by molar-refractivity contribution is 0.389. The quantitative estimate of drug-likeness (QED) is 0.942. The van der Waals surface area contributed by atoms with Crippen LogP contribution in [0.5, 0.6) is 11.5 Å². The number of halogens is 1. The van der Waals surface area contributed by atoms with Crippen LogP contribution >= 0.6 is 12.4 Å². The summed E-state index contributed by atoms with van der Waals surface area (Å²) in [5.74, 6) is 1.44. The predicted molar refractivity (Wildman–Crippen MR) is 81.8 cm³/mol. The number of pyridine rings is 1. The number of benzene rings is 1. The minimum atomic E-state index is -0.319. The summed E-state index contributed by atoms with van der Waals surface area (Å²) in [6.07, 6.45) is 0. The van der Waals surface area contributed by atoms with E-state index in [1.165, 1.54) is 0 Å². The third-order valence-electron chi connectivity index (χ3n) is 3.00. The minimum absolute atomic E-state index is 0. The third kappa shape index (κ3) is 3.40. The Labute approximate surface area is 125 Å². The Hall–Kier alpha value is -1.78. The number of rotatable bonds is 4. The number of hydrogen-bond donors (Lipinski definition) is 1. The van der Waals surface area contributed by atoms with Crippen LogP contribution in [0.25, 0.3) is 0 Å². The average molecular weight is 295 g/mol. The molecule has 4 nitrogen and oxygen atoms in total. The zero-order chi connectivity index (χ0) is 13.8. The van der Waals surface area contributed by atoms with Gasteiger partial charge in [-0.1, -0.05) is 6.07 Å². The van der Waals surface area contributed by atoms with E-state index in [4.69, 9.17) is 15.2 Å². The molecule has 108 valence electrons. The van der Waals surface area contributed by atoms with Gasteiger partial charge in [0.2, 0.25) is 0 Å². The summed E-state index contributed by atoms with van der Waals surface area (Å²) < 4.78 is 10.6. The largest absolute Gasteiger partial charge is 0.497 e. The van der Waals surface area contributed by atoms with Gasteiger partial charge in [0.15, 0.2) is 0 Å². The van der Waals surface area contributed by atoms with Gasteiger partial charge in [0.1, 0.15) is 11.5 Å². The van der Waals surface area contributed by atoms with Crippen LogP contribution in [0.15, 0.2) is 36.4 Å². The first-order chi connectivity index (χ1) is 9.15. The fraction of sp³-hybridized carbons (Fsp3) is 0.267. The molecule has 2 aromatic rings. The van der Waals surface area contributed by atoms with E-state index in [1.54, 1.807) is 14.2 Å². The molecule has 0 saturated heterocycles. The molecular formula is C15H19ClN2O2. The molecule has 0 bridgehead atoms. The topological polar surface area (TPSA) is 57.4 Å². The SMILES string of the molecule is COc1ccc(C(N)c2cccc(C)n2)c(OC)c1.Cl. The van der Waals surface area contributed by atoms with Gasteiger partial charge in [-0.15, -0.1) is 12.4 Å². The molecular weight excluding hydrogens is 276 g/mol. The van der Waals surface area contributed by atoms with Crippen LogP contribution < -0.4 is 15.2 Å². The highest BCUT2D eigenvalue weighted by molar-refractivity contribution is 5.85. The Morgan fingerprint density at radius 1 is 1.10 bits per heavy atom. The summed E-state index contributed by atoms with van der Waals surface area (Å²) >= 11 is 0. The molecule has 0 fully saturated rings. The molecule has 2 N–H and O–H groups in total. The second-order valence-corrected chi connectivity index (χ2v) is 4.29. The van der Waals surface area contributed by atoms with E-state index in [1.807, 2.05) is 43.3 Å². The number of nitrogens with zero attached hydrogens (tertiary/aromatic N) is 1. The smallest absolute Gasteiger partial charge is 0.127 e. The number of ether oxygens (including phenoxy) is 2. The molecule has 0 aliphatic rings. The number of nitrogens with two attached hydrogens (primary N) is 1. The van der Waals surface area contributed by atoms with E-state index >= 15 is 0 Å². The maximum Gasteiger partial charge on any atom is 0.127 e. The summed E-state index contributed by atoms with van der Waals surface area (Å²) in [6, 6.07) is 11.1. The molecule has 1 atom stereocenters. The van der Waals surface area contributed by atoms with Crippen molar-refractivity contribution in [2.24, 2.45) is 5.73 Å². The van der Waals surface area contributed by atoms with Crippen molar-refractivity contribution in [2.45, 2.75) is 13.0 Å². The fourth-order valence-electron chi connectivity index (χ4n) is 1.97. The minimum Gasteiger partial charge on any atom is -0.497 e. The van der Waals surface area contributed by atoms with Gasteiger partial charge >= 0.3 is 0 Å². The maximum absolute atomic E-state index is 6.27. The van der Waals surface area contributed by atoms with Crippen molar-refractivity contribution in [3.05, 3.63) is 53.3 Å². The van der Waals surface area contributed by atoms with Crippen molar-refractivity contribution in [2.75, 3.05) is 14.2 Å². The molecule has 0 amide bonds. The number of hydrogen-bond acceptors (Lipinski definition) is 4. The highest BCUT2D eigenvalue weighted by Gasteiger charge is 2.16. The summed E-state index contributed by atoms with van der Waals surface area (Å²) in [4.78, 5) is 4.46. The molecule has 0 aliphatic heterocycles. The van der Waals surface area contributed by atoms with Gasteiger partial charge < -0.3 is 15.2 Å². The summed E-state index contributed by atoms with van der Waals surface area (Å²) in [7, 11) is 3.24. The first kappa shape index (κ1) is 16.3. The van der Waals surface area contributed by atoms with Crippen LogP contribution in [0, 0.1) is 6.92 Å². The maximum atomic E-state index is 6.27. The van der Waals surface area contributed by atoms with E-state index in [9.17, 15) is 0 Å². The van der Waals surface area contributed by atoms with Crippen LogP contribution in [0.1, 0.15) is 23.0 Å². The van der Waals surface area contributed by atoms with Gasteiger partial charge in [-0.25, -0.2) is 0 Å². The first-order valence-corrected chi connectivity index (χ1v) is 6.06. The summed E-state index contributed by atoms with van der Waals surface area (Å²) in [5, 5.41) is 0. The molecule has 1 heterocycles. The van der Waals surface area contributed by atoms with Gasteiger partial charge in [0.25, 0.3) is 0 Å². The standard InChI is InChI=1S/C15H18N2O2.ClH/c1-10-5-4-6-13(17-10)15(16)12-8-7-11(18-2)9-14(12)19-3;/h4-9,15H,16H2,1-3H3;1H. The Kier molecular flexibility index (Phi) is 5.80. The Balaban J connectivity index is 0.00000200. The molecule has 0 spiro atoms. The lowest BCUT2D eigenvalue weighted by Crippen LogP contribution is -2.15. The van der Waals surface area contributed by atoms with Crippen molar-refractivity contribution in [3.63, 3.8) is 0 Å². The number of methoxy groups -OCH3 is 2. The van der Waals surface area contributed by atoms with Crippen molar-refractivity contribution in [1.29, 1.82) is 0 Å². The lowest BCUT2D eigenvalue weighted by Gasteiger charge is -2.16. The van der Waals surface area contributed by atoms with E-state index in [0.29, 0.717) is 5.75 Å². The van der Waals surface area contributed by atoms with Crippen molar-refractivity contribution in [1.82, 2.24) is 4.98 Å². The predicted octanol–water partition coefficient (Wildman–Crippen LogP) is 2.88. The zero-order valence-corrected chi connectivity index (χ0v) is 12.6. The zero-order valence-electron chi connectivity index (χ0n) is 11.8. The Bertz CT molecular complexity index is 576.